The van der Waals surface area contributed by atoms with Crippen molar-refractivity contribution in [2.75, 3.05) is 40.0 Å². The number of amides is 1. The molecule has 0 bridgehead atoms. The van der Waals surface area contributed by atoms with E-state index >= 15 is 0 Å². The number of aliphatic imine (C=N–C) groups is 1. The van der Waals surface area contributed by atoms with Gasteiger partial charge in [0.1, 0.15) is 5.75 Å². The minimum absolute atomic E-state index is 0. The minimum Gasteiger partial charge on any atom is -0.484 e. The lowest BCUT2D eigenvalue weighted by Crippen LogP contribution is -2.38. The highest BCUT2D eigenvalue weighted by Gasteiger charge is 2.23. The maximum Gasteiger partial charge on any atom is 0.258 e. The highest BCUT2D eigenvalue weighted by atomic mass is 127. The van der Waals surface area contributed by atoms with E-state index in [1.54, 1.807) is 7.11 Å². The van der Waals surface area contributed by atoms with Crippen molar-refractivity contribution in [3.05, 3.63) is 29.8 Å². The molecule has 3 N–H and O–H groups in total. The molecule has 152 valence electrons. The molecule has 0 saturated heterocycles. The van der Waals surface area contributed by atoms with Gasteiger partial charge in [0.15, 0.2) is 12.6 Å². The Morgan fingerprint density at radius 2 is 1.96 bits per heavy atom. The summed E-state index contributed by atoms with van der Waals surface area (Å²) in [5.41, 5.74) is 1.19. The topological polar surface area (TPSA) is 84.0 Å². The first-order valence-electron chi connectivity index (χ1n) is 9.23. The first-order chi connectivity index (χ1) is 12.7. The average Bonchev–Trinajstić information content (AvgIpc) is 3.45. The van der Waals surface area contributed by atoms with Crippen molar-refractivity contribution < 1.29 is 14.3 Å². The lowest BCUT2D eigenvalue weighted by Gasteiger charge is -2.11. The van der Waals surface area contributed by atoms with Crippen LogP contribution in [0.1, 0.15) is 25.3 Å². The zero-order valence-electron chi connectivity index (χ0n) is 16.1. The molecule has 0 spiro atoms. The quantitative estimate of drug-likeness (QED) is 0.191. The van der Waals surface area contributed by atoms with Crippen LogP contribution in [0.15, 0.2) is 29.3 Å². The maximum absolute atomic E-state index is 11.6. The van der Waals surface area contributed by atoms with E-state index in [4.69, 9.17) is 9.47 Å². The Hall–Kier alpha value is -1.55. The molecule has 1 aromatic rings. The van der Waals surface area contributed by atoms with Crippen LogP contribution in [0.2, 0.25) is 0 Å². The van der Waals surface area contributed by atoms with Crippen LogP contribution in [0.25, 0.3) is 0 Å². The molecule has 0 heterocycles. The largest absolute Gasteiger partial charge is 0.484 e. The number of hydrogen-bond donors (Lipinski definition) is 3. The first-order valence-corrected chi connectivity index (χ1v) is 9.23. The molecule has 8 heteroatoms. The zero-order chi connectivity index (χ0) is 18.6. The van der Waals surface area contributed by atoms with Gasteiger partial charge < -0.3 is 25.4 Å². The van der Waals surface area contributed by atoms with E-state index in [2.05, 4.69) is 20.9 Å². The Labute approximate surface area is 178 Å². The summed E-state index contributed by atoms with van der Waals surface area (Å²) >= 11 is 0. The van der Waals surface area contributed by atoms with Gasteiger partial charge in [-0.2, -0.15) is 0 Å². The van der Waals surface area contributed by atoms with Gasteiger partial charge in [-0.3, -0.25) is 9.79 Å². The summed E-state index contributed by atoms with van der Waals surface area (Å²) in [5, 5.41) is 9.42. The Morgan fingerprint density at radius 1 is 1.22 bits per heavy atom. The molecule has 1 aliphatic carbocycles. The maximum atomic E-state index is 11.6. The Morgan fingerprint density at radius 3 is 2.59 bits per heavy atom. The summed E-state index contributed by atoms with van der Waals surface area (Å²) in [6.07, 6.45) is 3.04. The lowest BCUT2D eigenvalue weighted by molar-refractivity contribution is -0.123. The molecule has 0 aliphatic heterocycles. The highest BCUT2D eigenvalue weighted by Crippen LogP contribution is 2.18. The van der Waals surface area contributed by atoms with Crippen molar-refractivity contribution in [2.24, 2.45) is 4.99 Å². The molecule has 1 amide bonds. The van der Waals surface area contributed by atoms with E-state index in [0.29, 0.717) is 24.9 Å². The van der Waals surface area contributed by atoms with Gasteiger partial charge in [0.05, 0.1) is 13.2 Å². The number of halogens is 1. The second kappa shape index (κ2) is 13.6. The van der Waals surface area contributed by atoms with Gasteiger partial charge in [0.2, 0.25) is 0 Å². The first kappa shape index (κ1) is 23.5. The van der Waals surface area contributed by atoms with E-state index in [0.717, 1.165) is 38.3 Å². The number of ether oxygens (including phenoxy) is 2. The van der Waals surface area contributed by atoms with Crippen LogP contribution in [0, 0.1) is 0 Å². The molecule has 0 radical (unpaired) electrons. The number of carbonyl (C=O) groups excluding carboxylic acids is 1. The van der Waals surface area contributed by atoms with E-state index in [1.165, 1.54) is 5.56 Å². The van der Waals surface area contributed by atoms with Gasteiger partial charge in [-0.25, -0.2) is 0 Å². The van der Waals surface area contributed by atoms with Gasteiger partial charge in [-0.1, -0.05) is 12.1 Å². The fourth-order valence-corrected chi connectivity index (χ4v) is 2.31. The van der Waals surface area contributed by atoms with Crippen molar-refractivity contribution in [3.63, 3.8) is 0 Å². The summed E-state index contributed by atoms with van der Waals surface area (Å²) in [6, 6.07) is 8.20. The Balaban J connectivity index is 0.00000364. The third-order valence-electron chi connectivity index (χ3n) is 3.85. The van der Waals surface area contributed by atoms with E-state index in [9.17, 15) is 4.79 Å². The minimum atomic E-state index is -0.0514. The van der Waals surface area contributed by atoms with Gasteiger partial charge in [0.25, 0.3) is 5.91 Å². The van der Waals surface area contributed by atoms with Crippen LogP contribution in [-0.4, -0.2) is 57.9 Å². The van der Waals surface area contributed by atoms with Gasteiger partial charge in [-0.15, -0.1) is 24.0 Å². The molecule has 2 rings (SSSR count). The number of nitrogens with one attached hydrogen (secondary N) is 3. The van der Waals surface area contributed by atoms with Crippen molar-refractivity contribution in [3.8, 4) is 5.75 Å². The number of rotatable bonds is 11. The number of hydrogen-bond acceptors (Lipinski definition) is 4. The Bertz CT molecular complexity index is 577. The lowest BCUT2D eigenvalue weighted by atomic mass is 10.1. The van der Waals surface area contributed by atoms with Crippen molar-refractivity contribution >= 4 is 35.8 Å². The second-order valence-electron chi connectivity index (χ2n) is 6.20. The van der Waals surface area contributed by atoms with Crippen LogP contribution in [0.5, 0.6) is 5.75 Å². The molecule has 0 unspecified atom stereocenters. The SMILES string of the molecule is CCNC(=NCCOC)NCCc1ccc(OCC(=O)NC2CC2)cc1.I. The molecular formula is C19H31IN4O3. The van der Waals surface area contributed by atoms with Crippen molar-refractivity contribution in [2.45, 2.75) is 32.2 Å². The summed E-state index contributed by atoms with van der Waals surface area (Å²) < 4.78 is 10.5. The summed E-state index contributed by atoms with van der Waals surface area (Å²) in [7, 11) is 1.67. The number of nitrogens with zero attached hydrogens (tertiary/aromatic N) is 1. The van der Waals surface area contributed by atoms with Crippen LogP contribution in [0.4, 0.5) is 0 Å². The fourth-order valence-electron chi connectivity index (χ4n) is 2.31. The molecule has 1 saturated carbocycles. The number of guanidine groups is 1. The highest BCUT2D eigenvalue weighted by molar-refractivity contribution is 14.0. The van der Waals surface area contributed by atoms with Crippen LogP contribution in [-0.2, 0) is 16.0 Å². The number of methoxy groups -OCH3 is 1. The summed E-state index contributed by atoms with van der Waals surface area (Å²) in [6.45, 7) is 4.95. The molecule has 1 aliphatic rings. The monoisotopic (exact) mass is 490 g/mol. The zero-order valence-corrected chi connectivity index (χ0v) is 18.5. The molecule has 1 aromatic carbocycles. The predicted octanol–water partition coefficient (Wildman–Crippen LogP) is 1.71. The normalized spacial score (nSPS) is 13.5. The van der Waals surface area contributed by atoms with Crippen LogP contribution < -0.4 is 20.7 Å². The molecule has 7 nitrogen and oxygen atoms in total. The van der Waals surface area contributed by atoms with Gasteiger partial charge in [-0.05, 0) is 43.9 Å². The van der Waals surface area contributed by atoms with Crippen molar-refractivity contribution in [1.82, 2.24) is 16.0 Å². The Kier molecular flexibility index (Phi) is 11.8. The summed E-state index contributed by atoms with van der Waals surface area (Å²) in [4.78, 5) is 16.0. The number of carbonyl (C=O) groups is 1. The van der Waals surface area contributed by atoms with Gasteiger partial charge >= 0.3 is 0 Å². The molecule has 0 aromatic heterocycles. The molecule has 0 atom stereocenters. The van der Waals surface area contributed by atoms with E-state index < -0.39 is 0 Å². The number of benzene rings is 1. The predicted molar refractivity (Wildman–Crippen MR) is 118 cm³/mol. The average molecular weight is 490 g/mol. The summed E-state index contributed by atoms with van der Waals surface area (Å²) in [5.74, 6) is 1.46. The van der Waals surface area contributed by atoms with Crippen LogP contribution in [0.3, 0.4) is 0 Å². The van der Waals surface area contributed by atoms with Crippen molar-refractivity contribution in [1.29, 1.82) is 0 Å². The molecule has 27 heavy (non-hydrogen) atoms. The third-order valence-corrected chi connectivity index (χ3v) is 3.85. The second-order valence-corrected chi connectivity index (χ2v) is 6.20. The standard InChI is InChI=1S/C19H30N4O3.HI/c1-3-20-19(22-12-13-25-2)21-11-10-15-4-8-17(9-5-15)26-14-18(24)23-16-6-7-16;/h4-5,8-9,16H,3,6-7,10-14H2,1-2H3,(H,23,24)(H2,20,21,22);1H. The van der Waals surface area contributed by atoms with E-state index in [-0.39, 0.29) is 36.5 Å². The molecule has 1 fully saturated rings. The smallest absolute Gasteiger partial charge is 0.258 e. The molecular weight excluding hydrogens is 459 g/mol. The fraction of sp³-hybridized carbons (Fsp3) is 0.579. The third kappa shape index (κ3) is 10.4. The van der Waals surface area contributed by atoms with Crippen LogP contribution >= 0.6 is 24.0 Å². The van der Waals surface area contributed by atoms with Gasteiger partial charge in [0, 0.05) is 26.2 Å². The van der Waals surface area contributed by atoms with E-state index in [1.807, 2.05) is 31.2 Å².